The molecule has 18 heavy (non-hydrogen) atoms. The lowest BCUT2D eigenvalue weighted by molar-refractivity contribution is 0.0698. The first-order chi connectivity index (χ1) is 8.66. The van der Waals surface area contributed by atoms with Crippen LogP contribution in [0.2, 0.25) is 5.02 Å². The van der Waals surface area contributed by atoms with Gasteiger partial charge in [-0.3, -0.25) is 0 Å². The van der Waals surface area contributed by atoms with Crippen molar-refractivity contribution in [3.8, 4) is 0 Å². The predicted molar refractivity (Wildman–Crippen MR) is 69.3 cm³/mol. The summed E-state index contributed by atoms with van der Waals surface area (Å²) < 4.78 is 5.19. The molecule has 1 aromatic heterocycles. The van der Waals surface area contributed by atoms with Crippen LogP contribution in [0, 0.1) is 0 Å². The van der Waals surface area contributed by atoms with Crippen molar-refractivity contribution in [2.75, 3.05) is 11.9 Å². The number of halogens is 1. The fourth-order valence-corrected chi connectivity index (χ4v) is 1.80. The molecule has 0 saturated heterocycles. The normalized spacial score (nSPS) is 10.3. The Kier molecular flexibility index (Phi) is 3.89. The van der Waals surface area contributed by atoms with Crippen LogP contribution < -0.4 is 5.32 Å². The van der Waals surface area contributed by atoms with Crippen molar-refractivity contribution in [2.24, 2.45) is 0 Å². The number of carboxylic acid groups (broad SMARTS) is 1. The summed E-state index contributed by atoms with van der Waals surface area (Å²) in [6.45, 7) is 0.578. The number of rotatable bonds is 5. The molecule has 0 atom stereocenters. The van der Waals surface area contributed by atoms with Gasteiger partial charge in [0.25, 0.3) is 0 Å². The SMILES string of the molecule is O=C(O)c1ccc(Cl)cc1NCCc1ccco1. The molecule has 0 radical (unpaired) electrons. The highest BCUT2D eigenvalue weighted by Gasteiger charge is 2.10. The highest BCUT2D eigenvalue weighted by molar-refractivity contribution is 6.31. The second-order valence-corrected chi connectivity index (χ2v) is 4.19. The van der Waals surface area contributed by atoms with Gasteiger partial charge in [-0.25, -0.2) is 4.79 Å². The summed E-state index contributed by atoms with van der Waals surface area (Å²) in [5.41, 5.74) is 0.723. The topological polar surface area (TPSA) is 62.5 Å². The van der Waals surface area contributed by atoms with E-state index in [1.807, 2.05) is 12.1 Å². The second kappa shape index (κ2) is 5.60. The lowest BCUT2D eigenvalue weighted by Crippen LogP contribution is -2.09. The van der Waals surface area contributed by atoms with Crippen LogP contribution in [0.15, 0.2) is 41.0 Å². The van der Waals surface area contributed by atoms with Crippen LogP contribution in [-0.4, -0.2) is 17.6 Å². The molecule has 1 aromatic carbocycles. The summed E-state index contributed by atoms with van der Waals surface area (Å²) in [7, 11) is 0. The van der Waals surface area contributed by atoms with Gasteiger partial charge < -0.3 is 14.8 Å². The summed E-state index contributed by atoms with van der Waals surface area (Å²) in [4.78, 5) is 11.0. The molecule has 2 rings (SSSR count). The minimum atomic E-state index is -0.979. The first kappa shape index (κ1) is 12.5. The van der Waals surface area contributed by atoms with Gasteiger partial charge in [0.2, 0.25) is 0 Å². The second-order valence-electron chi connectivity index (χ2n) is 3.75. The van der Waals surface area contributed by atoms with E-state index >= 15 is 0 Å². The average molecular weight is 266 g/mol. The van der Waals surface area contributed by atoms with Gasteiger partial charge in [0.1, 0.15) is 5.76 Å². The molecule has 0 aliphatic rings. The highest BCUT2D eigenvalue weighted by atomic mass is 35.5. The van der Waals surface area contributed by atoms with E-state index in [1.54, 1.807) is 18.4 Å². The van der Waals surface area contributed by atoms with E-state index < -0.39 is 5.97 Å². The summed E-state index contributed by atoms with van der Waals surface area (Å²) in [5, 5.41) is 12.6. The largest absolute Gasteiger partial charge is 0.478 e. The van der Waals surface area contributed by atoms with E-state index in [-0.39, 0.29) is 5.56 Å². The minimum Gasteiger partial charge on any atom is -0.478 e. The van der Waals surface area contributed by atoms with E-state index in [0.29, 0.717) is 23.7 Å². The van der Waals surface area contributed by atoms with Crippen molar-refractivity contribution >= 4 is 23.3 Å². The van der Waals surface area contributed by atoms with Crippen LogP contribution in [-0.2, 0) is 6.42 Å². The minimum absolute atomic E-state index is 0.207. The maximum absolute atomic E-state index is 11.0. The van der Waals surface area contributed by atoms with Gasteiger partial charge in [0, 0.05) is 18.0 Å². The summed E-state index contributed by atoms with van der Waals surface area (Å²) in [6, 6.07) is 8.34. The Labute approximate surface area is 109 Å². The van der Waals surface area contributed by atoms with Crippen LogP contribution in [0.1, 0.15) is 16.1 Å². The number of carboxylic acids is 1. The van der Waals surface area contributed by atoms with Crippen molar-refractivity contribution in [1.29, 1.82) is 0 Å². The fraction of sp³-hybridized carbons (Fsp3) is 0.154. The van der Waals surface area contributed by atoms with Crippen molar-refractivity contribution in [2.45, 2.75) is 6.42 Å². The Morgan fingerprint density at radius 3 is 2.89 bits per heavy atom. The first-order valence-electron chi connectivity index (χ1n) is 5.46. The summed E-state index contributed by atoms with van der Waals surface area (Å²) in [6.07, 6.45) is 2.29. The van der Waals surface area contributed by atoms with Gasteiger partial charge in [-0.1, -0.05) is 11.6 Å². The number of furan rings is 1. The molecule has 0 fully saturated rings. The Morgan fingerprint density at radius 2 is 2.22 bits per heavy atom. The average Bonchev–Trinajstić information content (AvgIpc) is 2.82. The molecule has 0 saturated carbocycles. The number of nitrogens with one attached hydrogen (secondary N) is 1. The molecule has 0 amide bonds. The first-order valence-corrected chi connectivity index (χ1v) is 5.83. The Morgan fingerprint density at radius 1 is 1.39 bits per heavy atom. The van der Waals surface area contributed by atoms with Crippen LogP contribution in [0.25, 0.3) is 0 Å². The molecule has 5 heteroatoms. The Hall–Kier alpha value is -1.94. The maximum Gasteiger partial charge on any atom is 0.337 e. The van der Waals surface area contributed by atoms with Crippen LogP contribution in [0.4, 0.5) is 5.69 Å². The number of aromatic carboxylic acids is 1. The molecule has 4 nitrogen and oxygen atoms in total. The zero-order valence-corrected chi connectivity index (χ0v) is 10.3. The zero-order valence-electron chi connectivity index (χ0n) is 9.52. The third kappa shape index (κ3) is 3.05. The van der Waals surface area contributed by atoms with Gasteiger partial charge in [-0.15, -0.1) is 0 Å². The smallest absolute Gasteiger partial charge is 0.337 e. The molecule has 0 aliphatic carbocycles. The Balaban J connectivity index is 2.03. The standard InChI is InChI=1S/C13H12ClNO3/c14-9-3-4-11(13(16)17)12(8-9)15-6-5-10-2-1-7-18-10/h1-4,7-8,15H,5-6H2,(H,16,17). The number of benzene rings is 1. The quantitative estimate of drug-likeness (QED) is 0.871. The van der Waals surface area contributed by atoms with Crippen LogP contribution >= 0.6 is 11.6 Å². The van der Waals surface area contributed by atoms with E-state index in [4.69, 9.17) is 21.1 Å². The third-order valence-corrected chi connectivity index (χ3v) is 2.71. The predicted octanol–water partition coefficient (Wildman–Crippen LogP) is 3.29. The number of carbonyl (C=O) groups is 1. The molecule has 0 spiro atoms. The van der Waals surface area contributed by atoms with Gasteiger partial charge in [0.05, 0.1) is 17.5 Å². The lowest BCUT2D eigenvalue weighted by atomic mass is 10.1. The molecule has 0 unspecified atom stereocenters. The molecule has 2 N–H and O–H groups in total. The lowest BCUT2D eigenvalue weighted by Gasteiger charge is -2.09. The number of hydrogen-bond donors (Lipinski definition) is 2. The molecule has 1 heterocycles. The molecular weight excluding hydrogens is 254 g/mol. The van der Waals surface area contributed by atoms with E-state index in [0.717, 1.165) is 5.76 Å². The molecule has 2 aromatic rings. The third-order valence-electron chi connectivity index (χ3n) is 2.48. The van der Waals surface area contributed by atoms with E-state index in [2.05, 4.69) is 5.32 Å². The monoisotopic (exact) mass is 265 g/mol. The van der Waals surface area contributed by atoms with Gasteiger partial charge >= 0.3 is 5.97 Å². The van der Waals surface area contributed by atoms with Crippen LogP contribution in [0.5, 0.6) is 0 Å². The van der Waals surface area contributed by atoms with Crippen molar-refractivity contribution in [3.63, 3.8) is 0 Å². The molecule has 0 bridgehead atoms. The number of anilines is 1. The highest BCUT2D eigenvalue weighted by Crippen LogP contribution is 2.21. The van der Waals surface area contributed by atoms with Gasteiger partial charge in [-0.2, -0.15) is 0 Å². The van der Waals surface area contributed by atoms with E-state index in [1.165, 1.54) is 6.07 Å². The summed E-state index contributed by atoms with van der Waals surface area (Å²) >= 11 is 5.85. The van der Waals surface area contributed by atoms with Gasteiger partial charge in [-0.05, 0) is 30.3 Å². The Bertz CT molecular complexity index is 537. The summed E-state index contributed by atoms with van der Waals surface area (Å²) in [5.74, 6) is -0.131. The zero-order chi connectivity index (χ0) is 13.0. The number of hydrogen-bond acceptors (Lipinski definition) is 3. The molecule has 94 valence electrons. The van der Waals surface area contributed by atoms with Crippen molar-refractivity contribution in [3.05, 3.63) is 52.9 Å². The molecular formula is C13H12ClNO3. The van der Waals surface area contributed by atoms with Gasteiger partial charge in [0.15, 0.2) is 0 Å². The van der Waals surface area contributed by atoms with Crippen LogP contribution in [0.3, 0.4) is 0 Å². The van der Waals surface area contributed by atoms with Crippen molar-refractivity contribution in [1.82, 2.24) is 0 Å². The maximum atomic E-state index is 11.0. The molecule has 0 aliphatic heterocycles. The van der Waals surface area contributed by atoms with Crippen molar-refractivity contribution < 1.29 is 14.3 Å². The fourth-order valence-electron chi connectivity index (χ4n) is 1.62. The van der Waals surface area contributed by atoms with E-state index in [9.17, 15) is 4.79 Å².